The number of nitrogens with zero attached hydrogens (tertiary/aromatic N) is 1. The lowest BCUT2D eigenvalue weighted by atomic mass is 10.1. The van der Waals surface area contributed by atoms with Crippen molar-refractivity contribution in [3.8, 4) is 0 Å². The van der Waals surface area contributed by atoms with Crippen LogP contribution in [-0.2, 0) is 4.74 Å². The Balaban J connectivity index is 2.15. The molecule has 0 spiro atoms. The van der Waals surface area contributed by atoms with E-state index in [1.54, 1.807) is 31.3 Å². The van der Waals surface area contributed by atoms with Crippen molar-refractivity contribution in [3.05, 3.63) is 69.3 Å². The van der Waals surface area contributed by atoms with Crippen molar-refractivity contribution in [1.82, 2.24) is 0 Å². The minimum absolute atomic E-state index is 0.00857. The van der Waals surface area contributed by atoms with Gasteiger partial charge >= 0.3 is 5.97 Å². The maximum atomic E-state index is 12.3. The second-order valence-electron chi connectivity index (χ2n) is 5.52. The number of hydrogen-bond acceptors (Lipinski definition) is 6. The van der Waals surface area contributed by atoms with Crippen LogP contribution in [0.1, 0.15) is 33.2 Å². The molecular weight excluding hydrogens is 324 g/mol. The van der Waals surface area contributed by atoms with Crippen LogP contribution in [0.15, 0.2) is 42.5 Å². The molecule has 0 aliphatic heterocycles. The van der Waals surface area contributed by atoms with Crippen molar-refractivity contribution >= 4 is 23.1 Å². The molecule has 1 N–H and O–H groups in total. The predicted octanol–water partition coefficient (Wildman–Crippen LogP) is 3.37. The van der Waals surface area contributed by atoms with Crippen LogP contribution in [0.25, 0.3) is 0 Å². The number of carbonyl (C=O) groups is 2. The number of anilines is 1. The summed E-state index contributed by atoms with van der Waals surface area (Å²) in [6, 6.07) is 10.9. The third-order valence-electron chi connectivity index (χ3n) is 3.69. The Morgan fingerprint density at radius 1 is 1.12 bits per heavy atom. The van der Waals surface area contributed by atoms with E-state index < -0.39 is 17.0 Å². The fourth-order valence-electron chi connectivity index (χ4n) is 2.26. The molecule has 0 fully saturated rings. The van der Waals surface area contributed by atoms with E-state index in [4.69, 9.17) is 4.74 Å². The summed E-state index contributed by atoms with van der Waals surface area (Å²) < 4.78 is 5.16. The topological polar surface area (TPSA) is 98.5 Å². The number of carbonyl (C=O) groups excluding carboxylic acids is 2. The summed E-state index contributed by atoms with van der Waals surface area (Å²) in [6.07, 6.45) is -1.00. The number of nitro benzene ring substituents is 1. The Labute approximate surface area is 144 Å². The first-order chi connectivity index (χ1) is 11.8. The highest BCUT2D eigenvalue weighted by molar-refractivity contribution is 6.01. The number of rotatable bonds is 6. The highest BCUT2D eigenvalue weighted by Gasteiger charge is 2.22. The van der Waals surface area contributed by atoms with Gasteiger partial charge in [0, 0.05) is 18.7 Å². The van der Waals surface area contributed by atoms with Crippen LogP contribution in [0.3, 0.4) is 0 Å². The first-order valence-electron chi connectivity index (χ1n) is 7.61. The molecule has 1 unspecified atom stereocenters. The zero-order valence-corrected chi connectivity index (χ0v) is 14.1. The van der Waals surface area contributed by atoms with E-state index in [2.05, 4.69) is 5.32 Å². The molecule has 0 radical (unpaired) electrons. The van der Waals surface area contributed by atoms with Crippen LogP contribution in [0.4, 0.5) is 11.4 Å². The predicted molar refractivity (Wildman–Crippen MR) is 93.0 cm³/mol. The van der Waals surface area contributed by atoms with Crippen LogP contribution in [-0.4, -0.2) is 29.8 Å². The summed E-state index contributed by atoms with van der Waals surface area (Å²) in [6.45, 7) is 3.37. The Kier molecular flexibility index (Phi) is 5.49. The van der Waals surface area contributed by atoms with Crippen LogP contribution in [0, 0.1) is 17.0 Å². The van der Waals surface area contributed by atoms with Crippen molar-refractivity contribution in [1.29, 1.82) is 0 Å². The highest BCUT2D eigenvalue weighted by atomic mass is 16.6. The number of aryl methyl sites for hydroxylation is 1. The average Bonchev–Trinajstić information content (AvgIpc) is 2.60. The molecule has 0 saturated carbocycles. The van der Waals surface area contributed by atoms with Crippen LogP contribution >= 0.6 is 0 Å². The summed E-state index contributed by atoms with van der Waals surface area (Å²) in [5, 5.41) is 13.7. The Hall–Kier alpha value is -3.22. The summed E-state index contributed by atoms with van der Waals surface area (Å²) in [5.41, 5.74) is 1.49. The quantitative estimate of drug-likeness (QED) is 0.374. The minimum atomic E-state index is -1.00. The zero-order chi connectivity index (χ0) is 18.6. The van der Waals surface area contributed by atoms with Crippen LogP contribution < -0.4 is 5.32 Å². The molecule has 1 atom stereocenters. The summed E-state index contributed by atoms with van der Waals surface area (Å²) in [5.74, 6) is -1.13. The molecule has 2 rings (SSSR count). The molecule has 7 nitrogen and oxygen atoms in total. The lowest BCUT2D eigenvalue weighted by Crippen LogP contribution is -2.24. The number of ketones is 1. The second kappa shape index (κ2) is 7.57. The van der Waals surface area contributed by atoms with E-state index in [1.165, 1.54) is 19.1 Å². The fourth-order valence-corrected chi connectivity index (χ4v) is 2.26. The van der Waals surface area contributed by atoms with E-state index in [0.717, 1.165) is 11.6 Å². The molecule has 2 aromatic carbocycles. The monoisotopic (exact) mass is 342 g/mol. The molecule has 0 aromatic heterocycles. The third-order valence-corrected chi connectivity index (χ3v) is 3.69. The fraction of sp³-hybridized carbons (Fsp3) is 0.222. The second-order valence-corrected chi connectivity index (χ2v) is 5.52. The van der Waals surface area contributed by atoms with E-state index in [0.29, 0.717) is 5.56 Å². The van der Waals surface area contributed by atoms with Crippen molar-refractivity contribution in [2.45, 2.75) is 20.0 Å². The van der Waals surface area contributed by atoms with Crippen molar-refractivity contribution < 1.29 is 19.2 Å². The molecular formula is C18H18N2O5. The summed E-state index contributed by atoms with van der Waals surface area (Å²) in [4.78, 5) is 35.0. The Bertz CT molecular complexity index is 815. The number of Topliss-reactive ketones (excluding diaryl/α,β-unsaturated/α-hetero) is 1. The van der Waals surface area contributed by atoms with Gasteiger partial charge < -0.3 is 10.1 Å². The summed E-state index contributed by atoms with van der Waals surface area (Å²) in [7, 11) is 1.54. The van der Waals surface area contributed by atoms with E-state index in [1.807, 2.05) is 6.92 Å². The molecule has 25 heavy (non-hydrogen) atoms. The number of ether oxygens (including phenoxy) is 1. The molecule has 0 aliphatic rings. The van der Waals surface area contributed by atoms with Gasteiger partial charge in [-0.05, 0) is 26.0 Å². The number of benzene rings is 2. The molecule has 0 amide bonds. The van der Waals surface area contributed by atoms with Crippen LogP contribution in [0.2, 0.25) is 0 Å². The maximum absolute atomic E-state index is 12.3. The van der Waals surface area contributed by atoms with Gasteiger partial charge in [-0.25, -0.2) is 4.79 Å². The first kappa shape index (κ1) is 18.1. The molecule has 0 aliphatic carbocycles. The number of esters is 1. The number of nitro groups is 1. The largest absolute Gasteiger partial charge is 0.451 e. The smallest absolute Gasteiger partial charge is 0.339 e. The Morgan fingerprint density at radius 3 is 2.28 bits per heavy atom. The highest BCUT2D eigenvalue weighted by Crippen LogP contribution is 2.25. The molecule has 2 aromatic rings. The number of nitrogens with one attached hydrogen (secondary N) is 1. The SMILES string of the molecule is CNc1ccc(C(=O)OC(C)C(=O)c2ccc(C)cc2)cc1[N+](=O)[O-]. The maximum Gasteiger partial charge on any atom is 0.339 e. The summed E-state index contributed by atoms with van der Waals surface area (Å²) >= 11 is 0. The molecule has 0 heterocycles. The van der Waals surface area contributed by atoms with E-state index >= 15 is 0 Å². The van der Waals surface area contributed by atoms with Crippen molar-refractivity contribution in [2.24, 2.45) is 0 Å². The van der Waals surface area contributed by atoms with Crippen molar-refractivity contribution in [2.75, 3.05) is 12.4 Å². The third kappa shape index (κ3) is 4.20. The van der Waals surface area contributed by atoms with Gasteiger partial charge in [0.25, 0.3) is 5.69 Å². The van der Waals surface area contributed by atoms with E-state index in [9.17, 15) is 19.7 Å². The average molecular weight is 342 g/mol. The lowest BCUT2D eigenvalue weighted by molar-refractivity contribution is -0.384. The van der Waals surface area contributed by atoms with Crippen LogP contribution in [0.5, 0.6) is 0 Å². The molecule has 7 heteroatoms. The lowest BCUT2D eigenvalue weighted by Gasteiger charge is -2.13. The van der Waals surface area contributed by atoms with Gasteiger partial charge in [-0.1, -0.05) is 29.8 Å². The molecule has 0 bridgehead atoms. The van der Waals surface area contributed by atoms with Gasteiger partial charge in [0.05, 0.1) is 10.5 Å². The van der Waals surface area contributed by atoms with Gasteiger partial charge in [-0.2, -0.15) is 0 Å². The van der Waals surface area contributed by atoms with Gasteiger partial charge in [0.2, 0.25) is 5.78 Å². The standard InChI is InChI=1S/C18H18N2O5/c1-11-4-6-13(7-5-11)17(21)12(2)25-18(22)14-8-9-15(19-3)16(10-14)20(23)24/h4-10,12,19H,1-3H3. The minimum Gasteiger partial charge on any atom is -0.451 e. The first-order valence-corrected chi connectivity index (χ1v) is 7.61. The Morgan fingerprint density at radius 2 is 1.72 bits per heavy atom. The number of hydrogen-bond donors (Lipinski definition) is 1. The van der Waals surface area contributed by atoms with Gasteiger partial charge in [-0.15, -0.1) is 0 Å². The molecule has 130 valence electrons. The van der Waals surface area contributed by atoms with E-state index in [-0.39, 0.29) is 22.7 Å². The molecule has 0 saturated heterocycles. The normalized spacial score (nSPS) is 11.5. The van der Waals surface area contributed by atoms with Gasteiger partial charge in [0.15, 0.2) is 6.10 Å². The van der Waals surface area contributed by atoms with Gasteiger partial charge in [-0.3, -0.25) is 14.9 Å². The van der Waals surface area contributed by atoms with Gasteiger partial charge in [0.1, 0.15) is 5.69 Å². The van der Waals surface area contributed by atoms with Crippen molar-refractivity contribution in [3.63, 3.8) is 0 Å². The zero-order valence-electron chi connectivity index (χ0n) is 14.1.